The summed E-state index contributed by atoms with van der Waals surface area (Å²) < 4.78 is 5.28. The van der Waals surface area contributed by atoms with Crippen molar-refractivity contribution in [3.63, 3.8) is 0 Å². The highest BCUT2D eigenvalue weighted by Crippen LogP contribution is 2.22. The third kappa shape index (κ3) is 5.90. The van der Waals surface area contributed by atoms with Crippen molar-refractivity contribution in [3.8, 4) is 5.75 Å². The number of hydrogen-bond donors (Lipinski definition) is 2. The topological polar surface area (TPSA) is 117 Å². The molecule has 148 valence electrons. The quantitative estimate of drug-likeness (QED) is 0.314. The lowest BCUT2D eigenvalue weighted by atomic mass is 10.2. The molecule has 0 aromatic heterocycles. The lowest BCUT2D eigenvalue weighted by Gasteiger charge is -2.04. The first-order valence-electron chi connectivity index (χ1n) is 8.29. The summed E-state index contributed by atoms with van der Waals surface area (Å²) in [7, 11) is 0. The van der Waals surface area contributed by atoms with E-state index in [1.165, 1.54) is 6.21 Å². The molecule has 29 heavy (non-hydrogen) atoms. The van der Waals surface area contributed by atoms with Crippen molar-refractivity contribution in [2.45, 2.75) is 11.7 Å². The van der Waals surface area contributed by atoms with Crippen molar-refractivity contribution in [2.75, 3.05) is 0 Å². The number of aliphatic carboxylic acids is 1. The van der Waals surface area contributed by atoms with Crippen LogP contribution < -0.4 is 10.1 Å². The number of ether oxygens (including phenoxy) is 1. The van der Waals surface area contributed by atoms with Crippen molar-refractivity contribution in [3.05, 3.63) is 64.7 Å². The minimum absolute atomic E-state index is 0.242. The maximum absolute atomic E-state index is 12.1. The van der Waals surface area contributed by atoms with Crippen LogP contribution in [0.3, 0.4) is 0 Å². The zero-order valence-electron chi connectivity index (χ0n) is 14.7. The highest BCUT2D eigenvalue weighted by molar-refractivity contribution is 8.15. The lowest BCUT2D eigenvalue weighted by molar-refractivity contribution is -0.138. The first kappa shape index (κ1) is 20.6. The predicted molar refractivity (Wildman–Crippen MR) is 110 cm³/mol. The number of nitrogens with zero attached hydrogens (tertiary/aromatic N) is 2. The van der Waals surface area contributed by atoms with E-state index in [0.29, 0.717) is 21.9 Å². The molecule has 3 rings (SSSR count). The van der Waals surface area contributed by atoms with E-state index in [9.17, 15) is 14.4 Å². The van der Waals surface area contributed by atoms with Gasteiger partial charge in [0.05, 0.1) is 18.2 Å². The molecule has 1 aliphatic rings. The molecule has 0 saturated carbocycles. The number of halogens is 1. The highest BCUT2D eigenvalue weighted by Gasteiger charge is 2.32. The molecule has 0 aliphatic carbocycles. The Kier molecular flexibility index (Phi) is 6.63. The fraction of sp³-hybridized carbons (Fsp3) is 0.105. The first-order chi connectivity index (χ1) is 13.9. The number of carboxylic acids is 1. The van der Waals surface area contributed by atoms with Crippen molar-refractivity contribution in [1.82, 2.24) is 5.32 Å². The van der Waals surface area contributed by atoms with Crippen LogP contribution in [0.25, 0.3) is 0 Å². The van der Waals surface area contributed by atoms with E-state index in [1.807, 2.05) is 0 Å². The van der Waals surface area contributed by atoms with Gasteiger partial charge in [0, 0.05) is 5.02 Å². The van der Waals surface area contributed by atoms with Gasteiger partial charge in [-0.1, -0.05) is 23.4 Å². The predicted octanol–water partition coefficient (Wildman–Crippen LogP) is 2.96. The minimum atomic E-state index is -1.06. The Morgan fingerprint density at radius 2 is 1.86 bits per heavy atom. The molecule has 1 amide bonds. The van der Waals surface area contributed by atoms with Crippen LogP contribution in [0.2, 0.25) is 5.02 Å². The molecular formula is C19H14ClN3O5S. The second-order valence-electron chi connectivity index (χ2n) is 5.81. The van der Waals surface area contributed by atoms with Gasteiger partial charge in [-0.2, -0.15) is 5.10 Å². The fourth-order valence-electron chi connectivity index (χ4n) is 2.27. The smallest absolute Gasteiger partial charge is 0.343 e. The van der Waals surface area contributed by atoms with Gasteiger partial charge >= 0.3 is 11.9 Å². The number of benzene rings is 2. The Hall–Kier alpha value is -3.17. The third-order valence-electron chi connectivity index (χ3n) is 3.66. The normalized spacial score (nSPS) is 17.5. The van der Waals surface area contributed by atoms with Gasteiger partial charge in [0.25, 0.3) is 0 Å². The second-order valence-corrected chi connectivity index (χ2v) is 7.44. The van der Waals surface area contributed by atoms with Gasteiger partial charge in [0.2, 0.25) is 5.91 Å². The number of nitrogens with one attached hydrogen (secondary N) is 1. The Bertz CT molecular complexity index is 990. The zero-order valence-corrected chi connectivity index (χ0v) is 16.3. The molecule has 1 saturated heterocycles. The molecule has 1 aliphatic heterocycles. The molecule has 10 heteroatoms. The van der Waals surface area contributed by atoms with Gasteiger partial charge in [-0.25, -0.2) is 4.79 Å². The van der Waals surface area contributed by atoms with Gasteiger partial charge in [-0.15, -0.1) is 5.10 Å². The van der Waals surface area contributed by atoms with E-state index in [0.717, 1.165) is 11.8 Å². The molecule has 0 radical (unpaired) electrons. The van der Waals surface area contributed by atoms with Crippen molar-refractivity contribution in [2.24, 2.45) is 10.2 Å². The molecular weight excluding hydrogens is 418 g/mol. The molecule has 2 N–H and O–H groups in total. The van der Waals surface area contributed by atoms with Crippen molar-refractivity contribution < 1.29 is 24.2 Å². The summed E-state index contributed by atoms with van der Waals surface area (Å²) in [6, 6.07) is 12.9. The van der Waals surface area contributed by atoms with E-state index in [-0.39, 0.29) is 11.6 Å². The second kappa shape index (κ2) is 9.35. The molecule has 2 aromatic carbocycles. The SMILES string of the molecule is O=C(O)C[C@H]1S/C(=N\N=C/c2ccc(OC(=O)c3ccc(Cl)cc3)cc2)NC1=O. The molecule has 8 nitrogen and oxygen atoms in total. The molecule has 0 bridgehead atoms. The summed E-state index contributed by atoms with van der Waals surface area (Å²) in [5.41, 5.74) is 1.07. The van der Waals surface area contributed by atoms with Gasteiger partial charge in [0.15, 0.2) is 5.17 Å². The maximum Gasteiger partial charge on any atom is 0.343 e. The van der Waals surface area contributed by atoms with E-state index < -0.39 is 23.1 Å². The Balaban J connectivity index is 1.56. The van der Waals surface area contributed by atoms with Gasteiger partial charge < -0.3 is 15.2 Å². The average Bonchev–Trinajstić information content (AvgIpc) is 3.02. The number of carbonyl (C=O) groups excluding carboxylic acids is 2. The number of rotatable bonds is 6. The summed E-state index contributed by atoms with van der Waals surface area (Å²) in [6.45, 7) is 0. The first-order valence-corrected chi connectivity index (χ1v) is 9.54. The number of esters is 1. The Morgan fingerprint density at radius 3 is 2.52 bits per heavy atom. The fourth-order valence-corrected chi connectivity index (χ4v) is 3.31. The summed E-state index contributed by atoms with van der Waals surface area (Å²) >= 11 is 6.81. The van der Waals surface area contributed by atoms with Crippen LogP contribution in [0.15, 0.2) is 58.7 Å². The van der Waals surface area contributed by atoms with Gasteiger partial charge in [-0.05, 0) is 54.1 Å². The van der Waals surface area contributed by atoms with Crippen LogP contribution in [0.4, 0.5) is 0 Å². The highest BCUT2D eigenvalue weighted by atomic mass is 35.5. The number of carbonyl (C=O) groups is 3. The van der Waals surface area contributed by atoms with Gasteiger partial charge in [-0.3, -0.25) is 9.59 Å². The van der Waals surface area contributed by atoms with E-state index in [2.05, 4.69) is 15.5 Å². The molecule has 0 unspecified atom stereocenters. The number of hydrogen-bond acceptors (Lipinski definition) is 7. The van der Waals surface area contributed by atoms with Crippen LogP contribution in [0, 0.1) is 0 Å². The van der Waals surface area contributed by atoms with Crippen LogP contribution in [-0.4, -0.2) is 39.6 Å². The Labute approximate surface area is 174 Å². The summed E-state index contributed by atoms with van der Waals surface area (Å²) in [4.78, 5) is 34.4. The maximum atomic E-state index is 12.1. The third-order valence-corrected chi connectivity index (χ3v) is 4.99. The molecule has 0 spiro atoms. The molecule has 1 heterocycles. The van der Waals surface area contributed by atoms with Crippen LogP contribution in [-0.2, 0) is 9.59 Å². The zero-order chi connectivity index (χ0) is 20.8. The van der Waals surface area contributed by atoms with E-state index >= 15 is 0 Å². The summed E-state index contributed by atoms with van der Waals surface area (Å²) in [5.74, 6) is -1.60. The molecule has 1 atom stereocenters. The average molecular weight is 432 g/mol. The molecule has 1 fully saturated rings. The van der Waals surface area contributed by atoms with E-state index in [4.69, 9.17) is 21.4 Å². The summed E-state index contributed by atoms with van der Waals surface area (Å²) in [5, 5.41) is 19.0. The van der Waals surface area contributed by atoms with Crippen LogP contribution in [0.5, 0.6) is 5.75 Å². The number of amides is 1. The van der Waals surface area contributed by atoms with Gasteiger partial charge in [0.1, 0.15) is 11.0 Å². The van der Waals surface area contributed by atoms with Crippen LogP contribution >= 0.6 is 23.4 Å². The largest absolute Gasteiger partial charge is 0.481 e. The van der Waals surface area contributed by atoms with Crippen molar-refractivity contribution in [1.29, 1.82) is 0 Å². The monoisotopic (exact) mass is 431 g/mol. The van der Waals surface area contributed by atoms with E-state index in [1.54, 1.807) is 48.5 Å². The standard InChI is InChI=1S/C19H14ClN3O5S/c20-13-5-3-12(4-6-13)18(27)28-14-7-1-11(2-8-14)10-21-23-19-22-17(26)15(29-19)9-16(24)25/h1-8,10,15H,9H2,(H,24,25)(H,22,23,26)/b21-10-/t15-/m1/s1. The van der Waals surface area contributed by atoms with Crippen LogP contribution in [0.1, 0.15) is 22.3 Å². The van der Waals surface area contributed by atoms with Crippen molar-refractivity contribution >= 4 is 52.6 Å². The Morgan fingerprint density at radius 1 is 1.17 bits per heavy atom. The minimum Gasteiger partial charge on any atom is -0.481 e. The number of carboxylic acid groups (broad SMARTS) is 1. The number of thioether (sulfide) groups is 1. The molecule has 2 aromatic rings. The lowest BCUT2D eigenvalue weighted by Crippen LogP contribution is -2.26. The number of amidine groups is 1. The summed E-state index contributed by atoms with van der Waals surface area (Å²) in [6.07, 6.45) is 1.17.